The smallest absolute Gasteiger partial charge is 0.276 e. The number of fused-ring (bicyclic) bond motifs is 1. The quantitative estimate of drug-likeness (QED) is 0.615. The molecule has 3 heterocycles. The second-order valence-electron chi connectivity index (χ2n) is 8.18. The highest BCUT2D eigenvalue weighted by molar-refractivity contribution is 5.96. The summed E-state index contributed by atoms with van der Waals surface area (Å²) in [5.41, 5.74) is 2.84. The van der Waals surface area contributed by atoms with Crippen molar-refractivity contribution in [2.45, 2.75) is 32.9 Å². The molecule has 0 atom stereocenters. The molecule has 1 aliphatic rings. The first-order valence-corrected chi connectivity index (χ1v) is 10.6. The van der Waals surface area contributed by atoms with E-state index in [2.05, 4.69) is 4.98 Å². The summed E-state index contributed by atoms with van der Waals surface area (Å²) in [7, 11) is 3.28. The van der Waals surface area contributed by atoms with Crippen molar-refractivity contribution < 1.29 is 14.0 Å². The Bertz CT molecular complexity index is 1210. The van der Waals surface area contributed by atoms with E-state index in [0.29, 0.717) is 38.2 Å². The van der Waals surface area contributed by atoms with Gasteiger partial charge in [-0.2, -0.15) is 0 Å². The molecule has 0 saturated carbocycles. The highest BCUT2D eigenvalue weighted by Crippen LogP contribution is 2.23. The number of carbonyl (C=O) groups excluding carboxylic acids is 2. The van der Waals surface area contributed by atoms with E-state index in [0.717, 1.165) is 16.7 Å². The van der Waals surface area contributed by atoms with Gasteiger partial charge < -0.3 is 18.8 Å². The highest BCUT2D eigenvalue weighted by Gasteiger charge is 2.30. The maximum atomic E-state index is 13.3. The molecule has 3 aromatic rings. The van der Waals surface area contributed by atoms with Crippen molar-refractivity contribution in [2.24, 2.45) is 0 Å². The molecule has 0 unspecified atom stereocenters. The summed E-state index contributed by atoms with van der Waals surface area (Å²) in [6.07, 6.45) is 4.15. The monoisotopic (exact) mass is 434 g/mol. The molecule has 2 amide bonds. The molecule has 8 nitrogen and oxygen atoms in total. The third-order valence-corrected chi connectivity index (χ3v) is 5.81. The van der Waals surface area contributed by atoms with Crippen molar-refractivity contribution in [3.63, 3.8) is 0 Å². The number of rotatable bonds is 5. The second-order valence-corrected chi connectivity index (χ2v) is 8.18. The summed E-state index contributed by atoms with van der Waals surface area (Å²) >= 11 is 0. The van der Waals surface area contributed by atoms with Gasteiger partial charge in [-0.05, 0) is 36.5 Å². The van der Waals surface area contributed by atoms with Crippen LogP contribution >= 0.6 is 0 Å². The van der Waals surface area contributed by atoms with Gasteiger partial charge in [-0.15, -0.1) is 0 Å². The summed E-state index contributed by atoms with van der Waals surface area (Å²) in [4.78, 5) is 46.3. The van der Waals surface area contributed by atoms with Crippen LogP contribution in [-0.2, 0) is 25.9 Å². The Kier molecular flexibility index (Phi) is 5.94. The van der Waals surface area contributed by atoms with Crippen molar-refractivity contribution in [1.82, 2.24) is 19.4 Å². The second kappa shape index (κ2) is 8.82. The summed E-state index contributed by atoms with van der Waals surface area (Å²) in [5, 5.41) is 0. The Morgan fingerprint density at radius 3 is 2.59 bits per heavy atom. The normalized spacial score (nSPS) is 13.0. The minimum Gasteiger partial charge on any atom is -0.448 e. The maximum absolute atomic E-state index is 13.3. The number of nitrogens with zero attached hydrogens (tertiary/aromatic N) is 4. The standard InChI is InChI=1S/C24H26N4O4/c1-16-21(25-15-32-16)24(31)28-12-10-19-18(14-28)13-27(11-9-17-7-5-4-6-8-17)23(30)20(19)22(29)26(2)3/h4-8,13,15H,9-12,14H2,1-3H3. The number of hydrogen-bond acceptors (Lipinski definition) is 5. The van der Waals surface area contributed by atoms with Crippen LogP contribution in [0.15, 0.2) is 52.1 Å². The number of aryl methyl sites for hydroxylation is 3. The molecular weight excluding hydrogens is 408 g/mol. The van der Waals surface area contributed by atoms with Crippen LogP contribution in [0.3, 0.4) is 0 Å². The minimum absolute atomic E-state index is 0.199. The molecule has 0 radical (unpaired) electrons. The van der Waals surface area contributed by atoms with E-state index >= 15 is 0 Å². The fourth-order valence-electron chi connectivity index (χ4n) is 4.05. The molecule has 0 aliphatic carbocycles. The Balaban J connectivity index is 1.70. The van der Waals surface area contributed by atoms with Crippen LogP contribution in [-0.4, -0.2) is 51.8 Å². The summed E-state index contributed by atoms with van der Waals surface area (Å²) in [5.74, 6) is -0.0612. The lowest BCUT2D eigenvalue weighted by Gasteiger charge is -2.30. The Morgan fingerprint density at radius 1 is 1.19 bits per heavy atom. The molecule has 8 heteroatoms. The number of amides is 2. The Labute approximate surface area is 186 Å². The molecule has 0 spiro atoms. The average molecular weight is 434 g/mol. The summed E-state index contributed by atoms with van der Waals surface area (Å²) in [6.45, 7) is 2.85. The number of benzene rings is 1. The largest absolute Gasteiger partial charge is 0.448 e. The van der Waals surface area contributed by atoms with Crippen LogP contribution < -0.4 is 5.56 Å². The van der Waals surface area contributed by atoms with E-state index in [1.54, 1.807) is 36.7 Å². The number of aromatic nitrogens is 2. The first-order valence-electron chi connectivity index (χ1n) is 10.6. The number of carbonyl (C=O) groups is 2. The Hall–Kier alpha value is -3.68. The molecule has 0 N–H and O–H groups in total. The van der Waals surface area contributed by atoms with Crippen molar-refractivity contribution >= 4 is 11.8 Å². The maximum Gasteiger partial charge on any atom is 0.276 e. The van der Waals surface area contributed by atoms with Crippen LogP contribution in [0.2, 0.25) is 0 Å². The molecule has 0 bridgehead atoms. The minimum atomic E-state index is -0.313. The molecule has 1 aliphatic heterocycles. The highest BCUT2D eigenvalue weighted by atomic mass is 16.3. The lowest BCUT2D eigenvalue weighted by Crippen LogP contribution is -2.41. The van der Waals surface area contributed by atoms with Crippen molar-refractivity contribution in [2.75, 3.05) is 20.6 Å². The van der Waals surface area contributed by atoms with E-state index in [-0.39, 0.29) is 28.6 Å². The zero-order chi connectivity index (χ0) is 22.8. The van der Waals surface area contributed by atoms with E-state index in [1.165, 1.54) is 11.3 Å². The predicted octanol–water partition coefficient (Wildman–Crippen LogP) is 2.29. The van der Waals surface area contributed by atoms with Crippen LogP contribution in [0.5, 0.6) is 0 Å². The van der Waals surface area contributed by atoms with E-state index in [9.17, 15) is 14.4 Å². The molecule has 166 valence electrons. The third-order valence-electron chi connectivity index (χ3n) is 5.81. The third kappa shape index (κ3) is 4.08. The van der Waals surface area contributed by atoms with Gasteiger partial charge in [-0.3, -0.25) is 14.4 Å². The van der Waals surface area contributed by atoms with E-state index < -0.39 is 0 Å². The molecule has 32 heavy (non-hydrogen) atoms. The molecule has 0 saturated heterocycles. The molecular formula is C24H26N4O4. The topological polar surface area (TPSA) is 88.6 Å². The van der Waals surface area contributed by atoms with E-state index in [1.807, 2.05) is 30.3 Å². The molecule has 1 aromatic carbocycles. The number of oxazole rings is 1. The van der Waals surface area contributed by atoms with Gasteiger partial charge in [-0.25, -0.2) is 4.98 Å². The van der Waals surface area contributed by atoms with Crippen molar-refractivity contribution in [3.8, 4) is 0 Å². The summed E-state index contributed by atoms with van der Waals surface area (Å²) < 4.78 is 6.77. The van der Waals surface area contributed by atoms with Crippen LogP contribution in [0.25, 0.3) is 0 Å². The molecule has 0 fully saturated rings. The molecule has 4 rings (SSSR count). The van der Waals surface area contributed by atoms with Crippen LogP contribution in [0, 0.1) is 6.92 Å². The summed E-state index contributed by atoms with van der Waals surface area (Å²) in [6, 6.07) is 9.89. The van der Waals surface area contributed by atoms with Crippen LogP contribution in [0.4, 0.5) is 0 Å². The van der Waals surface area contributed by atoms with Crippen molar-refractivity contribution in [3.05, 3.63) is 87.0 Å². The SMILES string of the molecule is Cc1ocnc1C(=O)N1CCc2c(cn(CCc3ccccc3)c(=O)c2C(=O)N(C)C)C1. The van der Waals surface area contributed by atoms with Gasteiger partial charge in [0.2, 0.25) is 0 Å². The number of pyridine rings is 1. The average Bonchev–Trinajstić information content (AvgIpc) is 3.23. The van der Waals surface area contributed by atoms with Gasteiger partial charge in [0.05, 0.1) is 0 Å². The first kappa shape index (κ1) is 21.5. The lowest BCUT2D eigenvalue weighted by atomic mass is 9.95. The van der Waals surface area contributed by atoms with Gasteiger partial charge >= 0.3 is 0 Å². The Morgan fingerprint density at radius 2 is 1.94 bits per heavy atom. The zero-order valence-electron chi connectivity index (χ0n) is 18.5. The van der Waals surface area contributed by atoms with Crippen LogP contribution in [0.1, 0.15) is 43.3 Å². The van der Waals surface area contributed by atoms with Gasteiger partial charge in [0.15, 0.2) is 12.1 Å². The van der Waals surface area contributed by atoms with Gasteiger partial charge in [0, 0.05) is 39.9 Å². The van der Waals surface area contributed by atoms with Crippen molar-refractivity contribution in [1.29, 1.82) is 0 Å². The van der Waals surface area contributed by atoms with Gasteiger partial charge in [-0.1, -0.05) is 30.3 Å². The first-order chi connectivity index (χ1) is 15.4. The van der Waals surface area contributed by atoms with Gasteiger partial charge in [0.1, 0.15) is 11.3 Å². The lowest BCUT2D eigenvalue weighted by molar-refractivity contribution is 0.0726. The fourth-order valence-corrected chi connectivity index (χ4v) is 4.05. The molecule has 2 aromatic heterocycles. The zero-order valence-corrected chi connectivity index (χ0v) is 18.5. The predicted molar refractivity (Wildman–Crippen MR) is 119 cm³/mol. The fraction of sp³-hybridized carbons (Fsp3) is 0.333. The van der Waals surface area contributed by atoms with E-state index in [4.69, 9.17) is 4.42 Å². The number of hydrogen-bond donors (Lipinski definition) is 0. The van der Waals surface area contributed by atoms with Gasteiger partial charge in [0.25, 0.3) is 17.4 Å².